The van der Waals surface area contributed by atoms with Crippen molar-refractivity contribution in [3.05, 3.63) is 83.2 Å². The van der Waals surface area contributed by atoms with Crippen LogP contribution in [0.15, 0.2) is 60.7 Å². The second-order valence-corrected chi connectivity index (χ2v) is 8.44. The maximum Gasteiger partial charge on any atom is 0.276 e. The maximum atomic E-state index is 13.1. The summed E-state index contributed by atoms with van der Waals surface area (Å²) in [5, 5.41) is 8.40. The summed E-state index contributed by atoms with van der Waals surface area (Å²) in [5.74, 6) is -0.0123. The Morgan fingerprint density at radius 3 is 2.30 bits per heavy atom. The number of benzene rings is 2. The van der Waals surface area contributed by atoms with Crippen molar-refractivity contribution in [1.29, 1.82) is 0 Å². The molecule has 8 heteroatoms. The minimum absolute atomic E-state index is 0.103. The number of amides is 2. The number of hydrogen-bond acceptors (Lipinski definition) is 5. The topological polar surface area (TPSA) is 80.6 Å². The van der Waals surface area contributed by atoms with E-state index in [9.17, 15) is 9.59 Å². The highest BCUT2D eigenvalue weighted by atomic mass is 16.5. The maximum absolute atomic E-state index is 13.1. The summed E-state index contributed by atoms with van der Waals surface area (Å²) in [6.45, 7) is 2.89. The smallest absolute Gasteiger partial charge is 0.276 e. The number of aryl methyl sites for hydroxylation is 1. The SMILES string of the molecule is O=C(CCc1ccccc1)N1CCN(C(=O)c2nnn3c2COC(c2ccccc2)C3)CC1. The molecule has 2 aliphatic rings. The van der Waals surface area contributed by atoms with Crippen LogP contribution in [0.2, 0.25) is 0 Å². The number of fused-ring (bicyclic) bond motifs is 1. The first-order valence-corrected chi connectivity index (χ1v) is 11.4. The lowest BCUT2D eigenvalue weighted by Gasteiger charge is -2.34. The summed E-state index contributed by atoms with van der Waals surface area (Å²) >= 11 is 0. The third kappa shape index (κ3) is 4.66. The monoisotopic (exact) mass is 445 g/mol. The molecular weight excluding hydrogens is 418 g/mol. The lowest BCUT2D eigenvalue weighted by Crippen LogP contribution is -2.50. The van der Waals surface area contributed by atoms with E-state index in [0.29, 0.717) is 57.1 Å². The van der Waals surface area contributed by atoms with E-state index >= 15 is 0 Å². The molecule has 1 atom stereocenters. The van der Waals surface area contributed by atoms with Gasteiger partial charge in [-0.2, -0.15) is 0 Å². The molecule has 0 N–H and O–H groups in total. The predicted molar refractivity (Wildman–Crippen MR) is 121 cm³/mol. The van der Waals surface area contributed by atoms with Gasteiger partial charge in [0.1, 0.15) is 6.10 Å². The van der Waals surface area contributed by atoms with E-state index in [0.717, 1.165) is 17.5 Å². The highest BCUT2D eigenvalue weighted by molar-refractivity contribution is 5.93. The molecule has 0 aliphatic carbocycles. The molecule has 1 aromatic heterocycles. The van der Waals surface area contributed by atoms with Crippen LogP contribution in [0.4, 0.5) is 0 Å². The van der Waals surface area contributed by atoms with Gasteiger partial charge in [-0.3, -0.25) is 9.59 Å². The molecule has 0 saturated carbocycles. The molecule has 1 saturated heterocycles. The Morgan fingerprint density at radius 2 is 1.58 bits per heavy atom. The van der Waals surface area contributed by atoms with Crippen molar-refractivity contribution >= 4 is 11.8 Å². The van der Waals surface area contributed by atoms with E-state index in [1.807, 2.05) is 65.6 Å². The normalized spacial score (nSPS) is 18.1. The molecule has 0 spiro atoms. The number of hydrogen-bond donors (Lipinski definition) is 0. The molecule has 170 valence electrons. The predicted octanol–water partition coefficient (Wildman–Crippen LogP) is 2.47. The molecule has 3 aromatic rings. The quantitative estimate of drug-likeness (QED) is 0.603. The number of piperazine rings is 1. The molecule has 8 nitrogen and oxygen atoms in total. The van der Waals surface area contributed by atoms with Crippen molar-refractivity contribution in [3.8, 4) is 0 Å². The largest absolute Gasteiger partial charge is 0.365 e. The number of carbonyl (C=O) groups excluding carboxylic acids is 2. The van der Waals surface area contributed by atoms with Crippen LogP contribution >= 0.6 is 0 Å². The third-order valence-electron chi connectivity index (χ3n) is 6.36. The second kappa shape index (κ2) is 9.54. The molecule has 2 amide bonds. The van der Waals surface area contributed by atoms with Crippen molar-refractivity contribution < 1.29 is 14.3 Å². The zero-order chi connectivity index (χ0) is 22.6. The Hall–Kier alpha value is -3.52. The molecule has 2 aliphatic heterocycles. The molecule has 5 rings (SSSR count). The fraction of sp³-hybridized carbons (Fsp3) is 0.360. The van der Waals surface area contributed by atoms with Gasteiger partial charge < -0.3 is 14.5 Å². The van der Waals surface area contributed by atoms with Crippen LogP contribution in [0.25, 0.3) is 0 Å². The summed E-state index contributed by atoms with van der Waals surface area (Å²) in [6.07, 6.45) is 1.11. The molecule has 33 heavy (non-hydrogen) atoms. The van der Waals surface area contributed by atoms with Gasteiger partial charge in [-0.15, -0.1) is 5.10 Å². The average Bonchev–Trinajstić information content (AvgIpc) is 3.31. The number of aromatic nitrogens is 3. The number of nitrogens with zero attached hydrogens (tertiary/aromatic N) is 5. The van der Waals surface area contributed by atoms with E-state index in [1.54, 1.807) is 9.58 Å². The van der Waals surface area contributed by atoms with Crippen molar-refractivity contribution in [2.45, 2.75) is 32.1 Å². The summed E-state index contributed by atoms with van der Waals surface area (Å²) < 4.78 is 7.79. The number of ether oxygens (including phenoxy) is 1. The van der Waals surface area contributed by atoms with Crippen LogP contribution in [-0.2, 0) is 29.1 Å². The Bertz CT molecular complexity index is 1110. The molecule has 0 radical (unpaired) electrons. The zero-order valence-electron chi connectivity index (χ0n) is 18.5. The van der Waals surface area contributed by atoms with Crippen LogP contribution < -0.4 is 0 Å². The summed E-state index contributed by atoms with van der Waals surface area (Å²) in [6, 6.07) is 20.0. The first kappa shape index (κ1) is 21.3. The molecule has 1 fully saturated rings. The van der Waals surface area contributed by atoms with Crippen molar-refractivity contribution in [3.63, 3.8) is 0 Å². The van der Waals surface area contributed by atoms with Crippen molar-refractivity contribution in [1.82, 2.24) is 24.8 Å². The Balaban J connectivity index is 1.16. The van der Waals surface area contributed by atoms with Crippen LogP contribution in [-0.4, -0.2) is 62.8 Å². The first-order chi connectivity index (χ1) is 16.2. The van der Waals surface area contributed by atoms with Crippen LogP contribution in [0.5, 0.6) is 0 Å². The standard InChI is InChI=1S/C25H27N5O3/c31-23(12-11-19-7-3-1-4-8-19)28-13-15-29(16-14-28)25(32)24-21-18-33-22(17-30(21)27-26-24)20-9-5-2-6-10-20/h1-10,22H,11-18H2. The van der Waals surface area contributed by atoms with Crippen molar-refractivity contribution in [2.24, 2.45) is 0 Å². The lowest BCUT2D eigenvalue weighted by atomic mass is 10.1. The minimum Gasteiger partial charge on any atom is -0.365 e. The van der Waals surface area contributed by atoms with Crippen LogP contribution in [0.3, 0.4) is 0 Å². The molecule has 1 unspecified atom stereocenters. The fourth-order valence-electron chi connectivity index (χ4n) is 4.41. The summed E-state index contributed by atoms with van der Waals surface area (Å²) in [4.78, 5) is 29.3. The van der Waals surface area contributed by atoms with Gasteiger partial charge in [0.15, 0.2) is 5.69 Å². The van der Waals surface area contributed by atoms with Gasteiger partial charge in [0, 0.05) is 32.6 Å². The van der Waals surface area contributed by atoms with Gasteiger partial charge in [0.2, 0.25) is 5.91 Å². The van der Waals surface area contributed by atoms with Gasteiger partial charge in [-0.1, -0.05) is 65.9 Å². The average molecular weight is 446 g/mol. The Kier molecular flexibility index (Phi) is 6.17. The fourth-order valence-corrected chi connectivity index (χ4v) is 4.41. The van der Waals surface area contributed by atoms with E-state index in [2.05, 4.69) is 10.3 Å². The van der Waals surface area contributed by atoms with E-state index in [-0.39, 0.29) is 17.9 Å². The summed E-state index contributed by atoms with van der Waals surface area (Å²) in [5.41, 5.74) is 3.31. The number of rotatable bonds is 5. The van der Waals surface area contributed by atoms with Gasteiger partial charge in [-0.25, -0.2) is 4.68 Å². The molecule has 3 heterocycles. The van der Waals surface area contributed by atoms with E-state index < -0.39 is 0 Å². The highest BCUT2D eigenvalue weighted by Gasteiger charge is 2.31. The molecule has 2 aromatic carbocycles. The van der Waals surface area contributed by atoms with Crippen molar-refractivity contribution in [2.75, 3.05) is 26.2 Å². The van der Waals surface area contributed by atoms with Gasteiger partial charge >= 0.3 is 0 Å². The van der Waals surface area contributed by atoms with Crippen LogP contribution in [0.1, 0.15) is 39.8 Å². The van der Waals surface area contributed by atoms with Gasteiger partial charge in [0.05, 0.1) is 18.8 Å². The van der Waals surface area contributed by atoms with E-state index in [1.165, 1.54) is 0 Å². The van der Waals surface area contributed by atoms with Gasteiger partial charge in [-0.05, 0) is 17.5 Å². The summed E-state index contributed by atoms with van der Waals surface area (Å²) in [7, 11) is 0. The van der Waals surface area contributed by atoms with E-state index in [4.69, 9.17) is 4.74 Å². The lowest BCUT2D eigenvalue weighted by molar-refractivity contribution is -0.132. The Labute approximate surface area is 192 Å². The molecule has 0 bridgehead atoms. The minimum atomic E-state index is -0.144. The third-order valence-corrected chi connectivity index (χ3v) is 6.36. The highest BCUT2D eigenvalue weighted by Crippen LogP contribution is 2.27. The van der Waals surface area contributed by atoms with Crippen LogP contribution in [0, 0.1) is 0 Å². The number of carbonyl (C=O) groups is 2. The second-order valence-electron chi connectivity index (χ2n) is 8.44. The van der Waals surface area contributed by atoms with Gasteiger partial charge in [0.25, 0.3) is 5.91 Å². The Morgan fingerprint density at radius 1 is 0.909 bits per heavy atom. The first-order valence-electron chi connectivity index (χ1n) is 11.4. The zero-order valence-corrected chi connectivity index (χ0v) is 18.5. The molecular formula is C25H27N5O3.